The number of piperidine rings is 1. The summed E-state index contributed by atoms with van der Waals surface area (Å²) < 4.78 is 68.5. The predicted molar refractivity (Wildman–Crippen MR) is 73.6 cm³/mol. The van der Waals surface area contributed by atoms with E-state index in [1.165, 1.54) is 12.1 Å². The van der Waals surface area contributed by atoms with Crippen molar-refractivity contribution in [2.24, 2.45) is 0 Å². The smallest absolute Gasteiger partial charge is 0.416 e. The summed E-state index contributed by atoms with van der Waals surface area (Å²) in [5.41, 5.74) is -0.778. The van der Waals surface area contributed by atoms with Crippen LogP contribution in [0.5, 0.6) is 5.75 Å². The SMILES string of the molecule is O[C@@H](COc1ccc(C(F)(F)F)cc1)CN1CCC(F)(F)CC1. The van der Waals surface area contributed by atoms with Gasteiger partial charge in [-0.05, 0) is 24.3 Å². The fourth-order valence-corrected chi connectivity index (χ4v) is 2.35. The fourth-order valence-electron chi connectivity index (χ4n) is 2.35. The zero-order valence-electron chi connectivity index (χ0n) is 12.3. The standard InChI is InChI=1S/C15H18F5NO2/c16-14(17)5-7-21(8-6-14)9-12(22)10-23-13-3-1-11(2-4-13)15(18,19)20/h1-4,12,22H,5-10H2/t12-/m1/s1. The largest absolute Gasteiger partial charge is 0.491 e. The van der Waals surface area contributed by atoms with Gasteiger partial charge in [0.2, 0.25) is 0 Å². The predicted octanol–water partition coefficient (Wildman–Crippen LogP) is 3.18. The van der Waals surface area contributed by atoms with Crippen LogP contribution in [0.4, 0.5) is 22.0 Å². The van der Waals surface area contributed by atoms with E-state index >= 15 is 0 Å². The molecule has 0 radical (unpaired) electrons. The van der Waals surface area contributed by atoms with Crippen molar-refractivity contribution < 1.29 is 31.8 Å². The van der Waals surface area contributed by atoms with Gasteiger partial charge in [0.05, 0.1) is 5.56 Å². The molecular weight excluding hydrogens is 321 g/mol. The van der Waals surface area contributed by atoms with Crippen LogP contribution in [-0.2, 0) is 6.18 Å². The van der Waals surface area contributed by atoms with Crippen molar-refractivity contribution in [3.63, 3.8) is 0 Å². The summed E-state index contributed by atoms with van der Waals surface area (Å²) in [6.07, 6.45) is -5.78. The van der Waals surface area contributed by atoms with Crippen LogP contribution in [0.1, 0.15) is 18.4 Å². The lowest BCUT2D eigenvalue weighted by Crippen LogP contribution is -2.44. The lowest BCUT2D eigenvalue weighted by atomic mass is 10.1. The summed E-state index contributed by atoms with van der Waals surface area (Å²) in [4.78, 5) is 1.72. The van der Waals surface area contributed by atoms with E-state index in [2.05, 4.69) is 0 Å². The number of nitrogens with zero attached hydrogens (tertiary/aromatic N) is 1. The van der Waals surface area contributed by atoms with Gasteiger partial charge in [-0.2, -0.15) is 13.2 Å². The Hall–Kier alpha value is -1.41. The number of rotatable bonds is 5. The van der Waals surface area contributed by atoms with E-state index in [0.29, 0.717) is 0 Å². The van der Waals surface area contributed by atoms with Gasteiger partial charge in [-0.3, -0.25) is 0 Å². The summed E-state index contributed by atoms with van der Waals surface area (Å²) in [7, 11) is 0. The number of halogens is 5. The first-order valence-electron chi connectivity index (χ1n) is 7.24. The summed E-state index contributed by atoms with van der Waals surface area (Å²) >= 11 is 0. The van der Waals surface area contributed by atoms with Gasteiger partial charge in [0.25, 0.3) is 5.92 Å². The van der Waals surface area contributed by atoms with Gasteiger partial charge in [0.15, 0.2) is 0 Å². The van der Waals surface area contributed by atoms with Gasteiger partial charge in [-0.1, -0.05) is 0 Å². The molecule has 1 fully saturated rings. The van der Waals surface area contributed by atoms with Gasteiger partial charge in [0, 0.05) is 32.5 Å². The molecule has 1 aliphatic rings. The molecule has 0 bridgehead atoms. The Kier molecular flexibility index (Phi) is 5.46. The molecule has 1 N–H and O–H groups in total. The Morgan fingerprint density at radius 3 is 2.22 bits per heavy atom. The molecule has 0 saturated carbocycles. The molecule has 0 amide bonds. The number of ether oxygens (including phenoxy) is 1. The fraction of sp³-hybridized carbons (Fsp3) is 0.600. The molecule has 1 aliphatic heterocycles. The third-order valence-corrected chi connectivity index (χ3v) is 3.68. The number of aliphatic hydroxyl groups excluding tert-OH is 1. The summed E-state index contributed by atoms with van der Waals surface area (Å²) in [6, 6.07) is 4.15. The van der Waals surface area contributed by atoms with Crippen LogP contribution in [0, 0.1) is 0 Å². The van der Waals surface area contributed by atoms with Crippen LogP contribution in [0.2, 0.25) is 0 Å². The van der Waals surface area contributed by atoms with Crippen molar-refractivity contribution in [1.29, 1.82) is 0 Å². The van der Waals surface area contributed by atoms with Crippen LogP contribution in [-0.4, -0.2) is 48.3 Å². The third kappa shape index (κ3) is 5.62. The second-order valence-electron chi connectivity index (χ2n) is 5.64. The molecule has 1 aromatic rings. The Labute approximate surface area is 130 Å². The Morgan fingerprint density at radius 1 is 1.13 bits per heavy atom. The number of alkyl halides is 5. The maximum atomic E-state index is 13.0. The normalized spacial score (nSPS) is 20.3. The molecule has 1 saturated heterocycles. The quantitative estimate of drug-likeness (QED) is 0.837. The van der Waals surface area contributed by atoms with E-state index in [1.807, 2.05) is 0 Å². The molecule has 0 aliphatic carbocycles. The summed E-state index contributed by atoms with van der Waals surface area (Å²) in [5.74, 6) is -2.43. The average Bonchev–Trinajstić information content (AvgIpc) is 2.47. The van der Waals surface area contributed by atoms with E-state index in [4.69, 9.17) is 4.74 Å². The Bertz CT molecular complexity index is 494. The first-order chi connectivity index (χ1) is 10.7. The van der Waals surface area contributed by atoms with E-state index in [0.717, 1.165) is 12.1 Å². The van der Waals surface area contributed by atoms with Crippen molar-refractivity contribution in [2.75, 3.05) is 26.2 Å². The molecule has 2 rings (SSSR count). The van der Waals surface area contributed by atoms with E-state index in [9.17, 15) is 27.1 Å². The maximum Gasteiger partial charge on any atom is 0.416 e. The second kappa shape index (κ2) is 7.00. The summed E-state index contributed by atoms with van der Waals surface area (Å²) in [5, 5.41) is 9.84. The molecule has 8 heteroatoms. The first kappa shape index (κ1) is 17.9. The number of benzene rings is 1. The molecule has 1 aromatic carbocycles. The topological polar surface area (TPSA) is 32.7 Å². The zero-order valence-corrected chi connectivity index (χ0v) is 12.3. The number of likely N-dealkylation sites (tertiary alicyclic amines) is 1. The van der Waals surface area contributed by atoms with Gasteiger partial charge >= 0.3 is 6.18 Å². The average molecular weight is 339 g/mol. The van der Waals surface area contributed by atoms with Gasteiger partial charge in [-0.15, -0.1) is 0 Å². The molecule has 23 heavy (non-hydrogen) atoms. The molecule has 0 unspecified atom stereocenters. The van der Waals surface area contributed by atoms with Gasteiger partial charge in [-0.25, -0.2) is 8.78 Å². The molecule has 0 spiro atoms. The minimum atomic E-state index is -4.41. The van der Waals surface area contributed by atoms with Crippen LogP contribution < -0.4 is 4.74 Å². The molecule has 1 atom stereocenters. The summed E-state index contributed by atoms with van der Waals surface area (Å²) in [6.45, 7) is 0.476. The van der Waals surface area contributed by atoms with Crippen LogP contribution in [0.15, 0.2) is 24.3 Å². The molecule has 130 valence electrons. The second-order valence-corrected chi connectivity index (χ2v) is 5.64. The van der Waals surface area contributed by atoms with Crippen molar-refractivity contribution in [3.8, 4) is 5.75 Å². The van der Waals surface area contributed by atoms with Crippen molar-refractivity contribution in [1.82, 2.24) is 4.90 Å². The molecule has 0 aromatic heterocycles. The number of hydrogen-bond donors (Lipinski definition) is 1. The monoisotopic (exact) mass is 339 g/mol. The number of β-amino-alcohol motifs (C(OH)–C–C–N with tert-alkyl or cyclic N) is 1. The van der Waals surface area contributed by atoms with E-state index in [-0.39, 0.29) is 44.8 Å². The Balaban J connectivity index is 1.75. The zero-order chi connectivity index (χ0) is 17.1. The van der Waals surface area contributed by atoms with Crippen LogP contribution >= 0.6 is 0 Å². The number of aliphatic hydroxyl groups is 1. The van der Waals surface area contributed by atoms with E-state index < -0.39 is 23.8 Å². The molecule has 1 heterocycles. The lowest BCUT2D eigenvalue weighted by Gasteiger charge is -2.32. The lowest BCUT2D eigenvalue weighted by molar-refractivity contribution is -0.137. The van der Waals surface area contributed by atoms with Crippen LogP contribution in [0.25, 0.3) is 0 Å². The first-order valence-corrected chi connectivity index (χ1v) is 7.24. The number of hydrogen-bond acceptors (Lipinski definition) is 3. The van der Waals surface area contributed by atoms with Gasteiger partial charge in [0.1, 0.15) is 18.5 Å². The highest BCUT2D eigenvalue weighted by molar-refractivity contribution is 5.28. The minimum absolute atomic E-state index is 0.113. The highest BCUT2D eigenvalue weighted by atomic mass is 19.4. The van der Waals surface area contributed by atoms with Crippen molar-refractivity contribution in [3.05, 3.63) is 29.8 Å². The highest BCUT2D eigenvalue weighted by Gasteiger charge is 2.34. The Morgan fingerprint density at radius 2 is 1.70 bits per heavy atom. The molecule has 3 nitrogen and oxygen atoms in total. The minimum Gasteiger partial charge on any atom is -0.491 e. The maximum absolute atomic E-state index is 13.0. The highest BCUT2D eigenvalue weighted by Crippen LogP contribution is 2.30. The van der Waals surface area contributed by atoms with Crippen LogP contribution in [0.3, 0.4) is 0 Å². The van der Waals surface area contributed by atoms with E-state index in [1.54, 1.807) is 4.90 Å². The van der Waals surface area contributed by atoms with Gasteiger partial charge < -0.3 is 14.7 Å². The third-order valence-electron chi connectivity index (χ3n) is 3.68. The van der Waals surface area contributed by atoms with Crippen molar-refractivity contribution >= 4 is 0 Å². The molecular formula is C15H18F5NO2. The van der Waals surface area contributed by atoms with Crippen molar-refractivity contribution in [2.45, 2.75) is 31.0 Å².